The van der Waals surface area contributed by atoms with Gasteiger partial charge in [-0.2, -0.15) is 0 Å². The lowest BCUT2D eigenvalue weighted by molar-refractivity contribution is -0.384. The lowest BCUT2D eigenvalue weighted by Gasteiger charge is -2.07. The van der Waals surface area contributed by atoms with Gasteiger partial charge in [-0.25, -0.2) is 4.98 Å². The van der Waals surface area contributed by atoms with E-state index in [1.807, 2.05) is 0 Å². The van der Waals surface area contributed by atoms with Crippen molar-refractivity contribution >= 4 is 33.2 Å². The molecule has 0 fully saturated rings. The number of hydrogen-bond donors (Lipinski definition) is 1. The molecule has 1 N–H and O–H groups in total. The van der Waals surface area contributed by atoms with Crippen LogP contribution in [0.2, 0.25) is 0 Å². The quantitative estimate of drug-likeness (QED) is 0.519. The number of carbonyl (C=O) groups excluding carboxylic acids is 1. The topological polar surface area (TPSA) is 94.4 Å². The number of carbonyl (C=O) groups is 1. The molecule has 1 heterocycles. The van der Waals surface area contributed by atoms with E-state index in [0.717, 1.165) is 0 Å². The Bertz CT molecular complexity index is 688. The number of nitro groups is 1. The second-order valence-electron chi connectivity index (χ2n) is 3.96. The monoisotopic (exact) mass is 351 g/mol. The Morgan fingerprint density at radius 2 is 2.14 bits per heavy atom. The van der Waals surface area contributed by atoms with E-state index in [1.165, 1.54) is 31.5 Å². The van der Waals surface area contributed by atoms with Gasteiger partial charge in [0.05, 0.1) is 23.7 Å². The molecule has 2 aromatic rings. The minimum atomic E-state index is -0.585. The number of nitrogens with zero attached hydrogens (tertiary/aromatic N) is 2. The fourth-order valence-corrected chi connectivity index (χ4v) is 1.83. The smallest absolute Gasteiger partial charge is 0.296 e. The van der Waals surface area contributed by atoms with E-state index in [-0.39, 0.29) is 11.4 Å². The summed E-state index contributed by atoms with van der Waals surface area (Å²) in [5, 5.41) is 13.5. The van der Waals surface area contributed by atoms with Crippen LogP contribution in [0.25, 0.3) is 0 Å². The van der Waals surface area contributed by atoms with Crippen molar-refractivity contribution in [2.45, 2.75) is 0 Å². The largest absolute Gasteiger partial charge is 0.496 e. The molecule has 21 heavy (non-hydrogen) atoms. The normalized spacial score (nSPS) is 10.0. The van der Waals surface area contributed by atoms with Crippen LogP contribution in [0, 0.1) is 10.1 Å². The van der Waals surface area contributed by atoms with Gasteiger partial charge >= 0.3 is 0 Å². The first-order valence-electron chi connectivity index (χ1n) is 5.76. The molecular weight excluding hydrogens is 342 g/mol. The molecule has 0 aliphatic rings. The lowest BCUT2D eigenvalue weighted by atomic mass is 10.2. The van der Waals surface area contributed by atoms with Crippen LogP contribution in [0.4, 0.5) is 11.4 Å². The van der Waals surface area contributed by atoms with Gasteiger partial charge in [0.2, 0.25) is 0 Å². The lowest BCUT2D eigenvalue weighted by Crippen LogP contribution is -2.13. The summed E-state index contributed by atoms with van der Waals surface area (Å²) in [5.74, 6) is -0.145. The number of aromatic nitrogens is 1. The molecule has 108 valence electrons. The van der Waals surface area contributed by atoms with Crippen molar-refractivity contribution in [2.24, 2.45) is 0 Å². The maximum atomic E-state index is 12.0. The number of nitrogens with one attached hydrogen (secondary N) is 1. The van der Waals surface area contributed by atoms with E-state index in [1.54, 1.807) is 12.1 Å². The molecule has 0 aliphatic heterocycles. The third-order valence-corrected chi connectivity index (χ3v) is 3.11. The first kappa shape index (κ1) is 14.9. The third-order valence-electron chi connectivity index (χ3n) is 2.64. The number of hydrogen-bond acceptors (Lipinski definition) is 5. The zero-order valence-corrected chi connectivity index (χ0v) is 12.5. The molecule has 2 rings (SSSR count). The second kappa shape index (κ2) is 6.31. The molecule has 0 radical (unpaired) electrons. The molecule has 0 saturated carbocycles. The average Bonchev–Trinajstić information content (AvgIpc) is 2.48. The van der Waals surface area contributed by atoms with Gasteiger partial charge in [0.25, 0.3) is 11.6 Å². The summed E-state index contributed by atoms with van der Waals surface area (Å²) in [7, 11) is 1.41. The summed E-state index contributed by atoms with van der Waals surface area (Å²) in [6.45, 7) is 0. The van der Waals surface area contributed by atoms with Gasteiger partial charge in [0, 0.05) is 6.20 Å². The number of methoxy groups -OCH3 is 1. The predicted molar refractivity (Wildman–Crippen MR) is 79.5 cm³/mol. The predicted octanol–water partition coefficient (Wildman–Crippen LogP) is 3.01. The second-order valence-corrected chi connectivity index (χ2v) is 4.78. The van der Waals surface area contributed by atoms with Crippen LogP contribution in [0.3, 0.4) is 0 Å². The van der Waals surface area contributed by atoms with Gasteiger partial charge in [0.15, 0.2) is 0 Å². The summed E-state index contributed by atoms with van der Waals surface area (Å²) < 4.78 is 5.52. The summed E-state index contributed by atoms with van der Waals surface area (Å²) in [6, 6.07) is 7.36. The number of amides is 1. The van der Waals surface area contributed by atoms with E-state index in [2.05, 4.69) is 26.2 Å². The number of ether oxygens (including phenoxy) is 1. The SMILES string of the molecule is COc1ccc(NC(=O)c2ccc(Br)nc2)c([N+](=O)[O-])c1. The van der Waals surface area contributed by atoms with Crippen LogP contribution >= 0.6 is 15.9 Å². The van der Waals surface area contributed by atoms with Crippen LogP contribution < -0.4 is 10.1 Å². The van der Waals surface area contributed by atoms with Gasteiger partial charge in [-0.1, -0.05) is 0 Å². The molecule has 7 nitrogen and oxygen atoms in total. The summed E-state index contributed by atoms with van der Waals surface area (Å²) in [4.78, 5) is 26.4. The van der Waals surface area contributed by atoms with Crippen LogP contribution in [0.1, 0.15) is 10.4 Å². The highest BCUT2D eigenvalue weighted by Crippen LogP contribution is 2.29. The van der Waals surface area contributed by atoms with Crippen LogP contribution in [0.15, 0.2) is 41.1 Å². The van der Waals surface area contributed by atoms with E-state index in [9.17, 15) is 14.9 Å². The number of benzene rings is 1. The van der Waals surface area contributed by atoms with Crippen molar-refractivity contribution in [3.8, 4) is 5.75 Å². The Hall–Kier alpha value is -2.48. The Morgan fingerprint density at radius 1 is 1.38 bits per heavy atom. The minimum absolute atomic E-state index is 0.0914. The number of nitro benzene ring substituents is 1. The molecule has 0 atom stereocenters. The highest BCUT2D eigenvalue weighted by atomic mass is 79.9. The molecule has 0 aliphatic carbocycles. The number of anilines is 1. The Balaban J connectivity index is 2.28. The number of pyridine rings is 1. The highest BCUT2D eigenvalue weighted by Gasteiger charge is 2.18. The zero-order valence-electron chi connectivity index (χ0n) is 10.9. The molecule has 1 aromatic carbocycles. The van der Waals surface area contributed by atoms with Crippen molar-refractivity contribution in [2.75, 3.05) is 12.4 Å². The minimum Gasteiger partial charge on any atom is -0.496 e. The molecule has 0 spiro atoms. The third kappa shape index (κ3) is 3.54. The van der Waals surface area contributed by atoms with Gasteiger partial charge in [-0.3, -0.25) is 14.9 Å². The van der Waals surface area contributed by atoms with Crippen LogP contribution in [-0.2, 0) is 0 Å². The average molecular weight is 352 g/mol. The van der Waals surface area contributed by atoms with Gasteiger partial charge < -0.3 is 10.1 Å². The molecule has 0 unspecified atom stereocenters. The Morgan fingerprint density at radius 3 is 2.71 bits per heavy atom. The zero-order chi connectivity index (χ0) is 15.4. The Kier molecular flexibility index (Phi) is 4.49. The van der Waals surface area contributed by atoms with Crippen molar-refractivity contribution in [3.05, 3.63) is 56.8 Å². The van der Waals surface area contributed by atoms with E-state index in [4.69, 9.17) is 4.74 Å². The van der Waals surface area contributed by atoms with Gasteiger partial charge in [-0.15, -0.1) is 0 Å². The fraction of sp³-hybridized carbons (Fsp3) is 0.0769. The maximum Gasteiger partial charge on any atom is 0.296 e. The first-order chi connectivity index (χ1) is 10.0. The maximum absolute atomic E-state index is 12.0. The summed E-state index contributed by atoms with van der Waals surface area (Å²) >= 11 is 3.16. The highest BCUT2D eigenvalue weighted by molar-refractivity contribution is 9.10. The van der Waals surface area contributed by atoms with Crippen molar-refractivity contribution < 1.29 is 14.5 Å². The van der Waals surface area contributed by atoms with Gasteiger partial charge in [-0.05, 0) is 40.2 Å². The van der Waals surface area contributed by atoms with E-state index in [0.29, 0.717) is 15.9 Å². The molecule has 1 amide bonds. The van der Waals surface area contributed by atoms with Crippen LogP contribution in [-0.4, -0.2) is 22.9 Å². The number of rotatable bonds is 4. The molecular formula is C13H10BrN3O4. The molecule has 1 aromatic heterocycles. The van der Waals surface area contributed by atoms with E-state index < -0.39 is 10.8 Å². The first-order valence-corrected chi connectivity index (χ1v) is 6.56. The van der Waals surface area contributed by atoms with E-state index >= 15 is 0 Å². The standard InChI is InChI=1S/C13H10BrN3O4/c1-21-9-3-4-10(11(6-9)17(19)20)16-13(18)8-2-5-12(14)15-7-8/h2-7H,1H3,(H,16,18). The fourth-order valence-electron chi connectivity index (χ4n) is 1.60. The molecule has 0 saturated heterocycles. The van der Waals surface area contributed by atoms with Gasteiger partial charge in [0.1, 0.15) is 16.0 Å². The Labute approximate surface area is 128 Å². The van der Waals surface area contributed by atoms with Crippen LogP contribution in [0.5, 0.6) is 5.75 Å². The summed E-state index contributed by atoms with van der Waals surface area (Å²) in [6.07, 6.45) is 1.37. The molecule has 8 heteroatoms. The molecule has 0 bridgehead atoms. The summed E-state index contributed by atoms with van der Waals surface area (Å²) in [5.41, 5.74) is 0.143. The van der Waals surface area contributed by atoms with Crippen molar-refractivity contribution in [1.29, 1.82) is 0 Å². The van der Waals surface area contributed by atoms with Crippen molar-refractivity contribution in [1.82, 2.24) is 4.98 Å². The van der Waals surface area contributed by atoms with Crippen molar-refractivity contribution in [3.63, 3.8) is 0 Å². The number of halogens is 1.